The highest BCUT2D eigenvalue weighted by Gasteiger charge is 2.25. The van der Waals surface area contributed by atoms with Gasteiger partial charge in [-0.2, -0.15) is 0 Å². The van der Waals surface area contributed by atoms with Gasteiger partial charge in [0.05, 0.1) is 19.8 Å². The lowest BCUT2D eigenvalue weighted by Gasteiger charge is -2.20. The molecule has 0 fully saturated rings. The van der Waals surface area contributed by atoms with Gasteiger partial charge in [-0.15, -0.1) is 0 Å². The van der Waals surface area contributed by atoms with Crippen LogP contribution in [-0.2, 0) is 27.9 Å². The van der Waals surface area contributed by atoms with Crippen LogP contribution in [0.1, 0.15) is 168 Å². The van der Waals surface area contributed by atoms with Crippen LogP contribution in [0.2, 0.25) is 0 Å². The third-order valence-corrected chi connectivity index (χ3v) is 8.67. The molecule has 0 aliphatic carbocycles. The highest BCUT2D eigenvalue weighted by molar-refractivity contribution is 7.47. The Hall–Kier alpha value is -0.760. The first-order valence-corrected chi connectivity index (χ1v) is 19.7. The lowest BCUT2D eigenvalue weighted by atomic mass is 10.0. The normalized spacial score (nSPS) is 13.8. The first-order chi connectivity index (χ1) is 21.4. The zero-order valence-electron chi connectivity index (χ0n) is 28.7. The molecule has 0 radical (unpaired) electrons. The summed E-state index contributed by atoms with van der Waals surface area (Å²) in [6.45, 7) is 4.89. The maximum atomic E-state index is 12.5. The Morgan fingerprint density at radius 1 is 0.659 bits per heavy atom. The maximum Gasteiger partial charge on any atom is 0.472 e. The number of hydrogen-bond acceptors (Lipinski definition) is 7. The van der Waals surface area contributed by atoms with Crippen LogP contribution >= 0.6 is 7.82 Å². The average molecular weight is 648 g/mol. The molecule has 0 aliphatic rings. The number of unbranched alkanes of at least 4 members (excludes halogenated alkanes) is 20. The van der Waals surface area contributed by atoms with Gasteiger partial charge in [0, 0.05) is 19.6 Å². The molecule has 9 heteroatoms. The molecule has 0 amide bonds. The summed E-state index contributed by atoms with van der Waals surface area (Å²) in [5.74, 6) is -0.333. The topological polar surface area (TPSA) is 117 Å². The molecule has 0 heterocycles. The third kappa shape index (κ3) is 32.6. The van der Waals surface area contributed by atoms with E-state index in [4.69, 9.17) is 24.3 Å². The number of ether oxygens (including phenoxy) is 2. The summed E-state index contributed by atoms with van der Waals surface area (Å²) in [5, 5.41) is 0. The minimum absolute atomic E-state index is 0.0938. The van der Waals surface area contributed by atoms with E-state index in [2.05, 4.69) is 26.0 Å². The van der Waals surface area contributed by atoms with Crippen LogP contribution in [0.3, 0.4) is 0 Å². The van der Waals surface area contributed by atoms with Crippen molar-refractivity contribution in [3.63, 3.8) is 0 Å². The number of carbonyl (C=O) groups excluding carboxylic acids is 1. The maximum absolute atomic E-state index is 12.5. The highest BCUT2D eigenvalue weighted by Crippen LogP contribution is 2.43. The number of phosphoric acid groups is 1. The SMILES string of the molecule is CCCCC/C=C\CCCCCCCCOCC(COP(=O)(O)OCCN)OC(=O)CCCCCCCCCCCCCC. The smallest absolute Gasteiger partial charge is 0.457 e. The van der Waals surface area contributed by atoms with Gasteiger partial charge in [-0.25, -0.2) is 4.57 Å². The summed E-state index contributed by atoms with van der Waals surface area (Å²) in [6.07, 6.45) is 32.1. The van der Waals surface area contributed by atoms with Crippen molar-refractivity contribution in [3.8, 4) is 0 Å². The van der Waals surface area contributed by atoms with Crippen LogP contribution in [0.15, 0.2) is 12.2 Å². The second-order valence-electron chi connectivity index (χ2n) is 12.1. The van der Waals surface area contributed by atoms with E-state index < -0.39 is 13.9 Å². The summed E-state index contributed by atoms with van der Waals surface area (Å²) < 4.78 is 33.2. The molecule has 44 heavy (non-hydrogen) atoms. The van der Waals surface area contributed by atoms with E-state index in [1.54, 1.807) is 0 Å². The molecule has 3 N–H and O–H groups in total. The monoisotopic (exact) mass is 647 g/mol. The van der Waals surface area contributed by atoms with Crippen molar-refractivity contribution in [2.45, 2.75) is 174 Å². The molecule has 0 aliphatic heterocycles. The molecule has 0 aromatic rings. The molecule has 2 atom stereocenters. The number of esters is 1. The number of hydrogen-bond donors (Lipinski definition) is 2. The van der Waals surface area contributed by atoms with Crippen LogP contribution in [0, 0.1) is 0 Å². The fraction of sp³-hybridized carbons (Fsp3) is 0.914. The second-order valence-corrected chi connectivity index (χ2v) is 13.5. The largest absolute Gasteiger partial charge is 0.472 e. The Bertz CT molecular complexity index is 692. The van der Waals surface area contributed by atoms with Crippen LogP contribution in [-0.4, -0.2) is 49.9 Å². The Labute approximate surface area is 271 Å². The van der Waals surface area contributed by atoms with Crippen molar-refractivity contribution < 1.29 is 32.8 Å². The van der Waals surface area contributed by atoms with E-state index in [0.717, 1.165) is 32.1 Å². The van der Waals surface area contributed by atoms with Gasteiger partial charge in [-0.1, -0.05) is 135 Å². The fourth-order valence-corrected chi connectivity index (χ4v) is 5.76. The Balaban J connectivity index is 4.10. The summed E-state index contributed by atoms with van der Waals surface area (Å²) >= 11 is 0. The highest BCUT2D eigenvalue weighted by atomic mass is 31.2. The molecule has 0 bridgehead atoms. The van der Waals surface area contributed by atoms with E-state index in [9.17, 15) is 14.3 Å². The van der Waals surface area contributed by atoms with Crippen LogP contribution in [0.5, 0.6) is 0 Å². The quantitative estimate of drug-likeness (QED) is 0.0302. The van der Waals surface area contributed by atoms with Crippen molar-refractivity contribution in [2.24, 2.45) is 5.73 Å². The van der Waals surface area contributed by atoms with Gasteiger partial charge >= 0.3 is 13.8 Å². The molecule has 0 saturated heterocycles. The van der Waals surface area contributed by atoms with E-state index >= 15 is 0 Å². The molecule has 0 saturated carbocycles. The Morgan fingerprint density at radius 3 is 1.70 bits per heavy atom. The zero-order chi connectivity index (χ0) is 32.4. The lowest BCUT2D eigenvalue weighted by molar-refractivity contribution is -0.154. The Kier molecular flexibility index (Phi) is 33.0. The number of nitrogens with two attached hydrogens (primary N) is 1. The standard InChI is InChI=1S/C35H70NO7P/c1-3-5-7-9-11-13-15-17-19-21-23-25-27-30-40-32-34(33-42-44(38,39)41-31-29-36)43-35(37)28-26-24-22-20-18-16-14-12-10-8-6-4-2/h11,13,34H,3-10,12,14-33,36H2,1-2H3,(H,38,39)/b13-11-. The summed E-state index contributed by atoms with van der Waals surface area (Å²) in [6, 6.07) is 0. The summed E-state index contributed by atoms with van der Waals surface area (Å²) in [7, 11) is -4.26. The van der Waals surface area contributed by atoms with Crippen LogP contribution in [0.25, 0.3) is 0 Å². The zero-order valence-corrected chi connectivity index (χ0v) is 29.6. The van der Waals surface area contributed by atoms with Gasteiger partial charge in [0.15, 0.2) is 0 Å². The van der Waals surface area contributed by atoms with Crippen LogP contribution in [0.4, 0.5) is 0 Å². The lowest BCUT2D eigenvalue weighted by Crippen LogP contribution is -2.28. The van der Waals surface area contributed by atoms with Gasteiger partial charge in [0.1, 0.15) is 6.10 Å². The first-order valence-electron chi connectivity index (χ1n) is 18.2. The molecule has 0 aromatic heterocycles. The molecule has 0 spiro atoms. The molecule has 0 aromatic carbocycles. The Morgan fingerprint density at radius 2 is 1.14 bits per heavy atom. The minimum Gasteiger partial charge on any atom is -0.457 e. The predicted octanol–water partition coefficient (Wildman–Crippen LogP) is 9.97. The van der Waals surface area contributed by atoms with Gasteiger partial charge in [0.2, 0.25) is 0 Å². The van der Waals surface area contributed by atoms with Crippen molar-refractivity contribution in [2.75, 3.05) is 33.0 Å². The van der Waals surface area contributed by atoms with Crippen molar-refractivity contribution in [1.29, 1.82) is 0 Å². The number of allylic oxidation sites excluding steroid dienone is 2. The second kappa shape index (κ2) is 33.6. The van der Waals surface area contributed by atoms with Crippen molar-refractivity contribution in [1.82, 2.24) is 0 Å². The molecule has 0 rings (SSSR count). The fourth-order valence-electron chi connectivity index (χ4n) is 4.99. The van der Waals surface area contributed by atoms with Gasteiger partial charge in [0.25, 0.3) is 0 Å². The van der Waals surface area contributed by atoms with Gasteiger partial charge < -0.3 is 20.1 Å². The predicted molar refractivity (Wildman–Crippen MR) is 183 cm³/mol. The summed E-state index contributed by atoms with van der Waals surface area (Å²) in [5.41, 5.74) is 5.34. The van der Waals surface area contributed by atoms with E-state index in [0.29, 0.717) is 13.0 Å². The van der Waals surface area contributed by atoms with E-state index in [-0.39, 0.29) is 32.3 Å². The molecular weight excluding hydrogens is 577 g/mol. The molecule has 262 valence electrons. The molecular formula is C35H70NO7P. The van der Waals surface area contributed by atoms with Crippen molar-refractivity contribution in [3.05, 3.63) is 12.2 Å². The van der Waals surface area contributed by atoms with E-state index in [1.165, 1.54) is 116 Å². The number of phosphoric ester groups is 1. The summed E-state index contributed by atoms with van der Waals surface area (Å²) in [4.78, 5) is 22.3. The first kappa shape index (κ1) is 43.2. The molecule has 2 unspecified atom stereocenters. The van der Waals surface area contributed by atoms with E-state index in [1.807, 2.05) is 0 Å². The third-order valence-electron chi connectivity index (χ3n) is 7.68. The van der Waals surface area contributed by atoms with Crippen molar-refractivity contribution >= 4 is 13.8 Å². The average Bonchev–Trinajstić information content (AvgIpc) is 3.01. The molecule has 8 nitrogen and oxygen atoms in total. The van der Waals surface area contributed by atoms with Crippen LogP contribution < -0.4 is 5.73 Å². The number of carbonyl (C=O) groups is 1. The minimum atomic E-state index is -4.26. The van der Waals surface area contributed by atoms with Gasteiger partial charge in [-0.05, 0) is 38.5 Å². The van der Waals surface area contributed by atoms with Gasteiger partial charge in [-0.3, -0.25) is 13.8 Å². The number of rotatable bonds is 35.